The fourth-order valence-electron chi connectivity index (χ4n) is 4.48. The van der Waals surface area contributed by atoms with Crippen LogP contribution in [0.1, 0.15) is 36.5 Å². The van der Waals surface area contributed by atoms with Gasteiger partial charge in [0, 0.05) is 37.3 Å². The standard InChI is InChI=1S/C27H26Cl2N6O2/c1-2-23(36)18-13-31-22-7-6-21(15-10-19(28)27(37)20(29)11-15)34-26(22)25(18)33-17-5-8-24(32-12-17)35-9-3-4-16(30)14-35/h5-8,10-13,16,37H,2-4,9,14,30H2,1H3,(H,31,33)/t16-/m0/s1. The Hall–Kier alpha value is -3.46. The summed E-state index contributed by atoms with van der Waals surface area (Å²) in [6.45, 7) is 3.51. The number of carbonyl (C=O) groups is 1. The highest BCUT2D eigenvalue weighted by Crippen LogP contribution is 2.37. The molecule has 4 heterocycles. The van der Waals surface area contributed by atoms with Gasteiger partial charge in [-0.15, -0.1) is 0 Å². The molecule has 0 bridgehead atoms. The Bertz CT molecular complexity index is 1460. The molecule has 0 saturated carbocycles. The molecule has 190 valence electrons. The van der Waals surface area contributed by atoms with E-state index in [1.54, 1.807) is 37.5 Å². The molecule has 1 fully saturated rings. The van der Waals surface area contributed by atoms with Crippen LogP contribution in [0, 0.1) is 0 Å². The molecule has 0 spiro atoms. The SMILES string of the molecule is CCC(=O)c1cnc2ccc(-c3cc(Cl)c(O)c(Cl)c3)nc2c1Nc1ccc(N2CCC[C@H](N)C2)nc1. The van der Waals surface area contributed by atoms with Crippen molar-refractivity contribution in [3.05, 3.63) is 64.4 Å². The second-order valence-electron chi connectivity index (χ2n) is 9.05. The number of hydrogen-bond acceptors (Lipinski definition) is 8. The summed E-state index contributed by atoms with van der Waals surface area (Å²) in [5, 5.41) is 13.5. The van der Waals surface area contributed by atoms with Crippen molar-refractivity contribution in [2.75, 3.05) is 23.3 Å². The summed E-state index contributed by atoms with van der Waals surface area (Å²) >= 11 is 12.3. The molecule has 4 aromatic rings. The second kappa shape index (κ2) is 10.5. The van der Waals surface area contributed by atoms with Crippen molar-refractivity contribution in [3.8, 4) is 17.0 Å². The van der Waals surface area contributed by atoms with Gasteiger partial charge in [0.1, 0.15) is 11.3 Å². The molecule has 10 heteroatoms. The zero-order valence-corrected chi connectivity index (χ0v) is 21.7. The zero-order chi connectivity index (χ0) is 26.1. The number of nitrogens with zero attached hydrogens (tertiary/aromatic N) is 4. The summed E-state index contributed by atoms with van der Waals surface area (Å²) in [5.74, 6) is 0.619. The molecular weight excluding hydrogens is 511 g/mol. The van der Waals surface area contributed by atoms with Crippen LogP contribution >= 0.6 is 23.2 Å². The third kappa shape index (κ3) is 5.18. The first-order chi connectivity index (χ1) is 17.8. The van der Waals surface area contributed by atoms with Crippen molar-refractivity contribution in [3.63, 3.8) is 0 Å². The van der Waals surface area contributed by atoms with Crippen LogP contribution in [0.25, 0.3) is 22.3 Å². The summed E-state index contributed by atoms with van der Waals surface area (Å²) in [7, 11) is 0. The van der Waals surface area contributed by atoms with Crippen molar-refractivity contribution >= 4 is 57.2 Å². The molecule has 1 aliphatic rings. The molecule has 3 aromatic heterocycles. The Morgan fingerprint density at radius 3 is 2.62 bits per heavy atom. The van der Waals surface area contributed by atoms with Crippen LogP contribution in [0.4, 0.5) is 17.2 Å². The van der Waals surface area contributed by atoms with Gasteiger partial charge in [-0.25, -0.2) is 9.97 Å². The molecule has 1 aromatic carbocycles. The van der Waals surface area contributed by atoms with Crippen molar-refractivity contribution in [1.29, 1.82) is 0 Å². The van der Waals surface area contributed by atoms with Crippen LogP contribution in [0.2, 0.25) is 10.0 Å². The number of carbonyl (C=O) groups excluding carboxylic acids is 1. The van der Waals surface area contributed by atoms with E-state index in [9.17, 15) is 9.90 Å². The average Bonchev–Trinajstić information content (AvgIpc) is 2.91. The van der Waals surface area contributed by atoms with E-state index in [2.05, 4.69) is 20.2 Å². The minimum Gasteiger partial charge on any atom is -0.505 e. The molecule has 37 heavy (non-hydrogen) atoms. The zero-order valence-electron chi connectivity index (χ0n) is 20.2. The van der Waals surface area contributed by atoms with E-state index in [4.69, 9.17) is 33.9 Å². The smallest absolute Gasteiger partial charge is 0.166 e. The number of phenols is 1. The number of rotatable bonds is 6. The van der Waals surface area contributed by atoms with E-state index in [1.165, 1.54) is 0 Å². The molecule has 0 unspecified atom stereocenters. The van der Waals surface area contributed by atoms with Crippen LogP contribution in [0.3, 0.4) is 0 Å². The summed E-state index contributed by atoms with van der Waals surface area (Å²) in [4.78, 5) is 28.9. The van der Waals surface area contributed by atoms with Crippen molar-refractivity contribution < 1.29 is 9.90 Å². The van der Waals surface area contributed by atoms with E-state index in [0.717, 1.165) is 31.7 Å². The van der Waals surface area contributed by atoms with Crippen LogP contribution in [-0.2, 0) is 0 Å². The molecular formula is C27H26Cl2N6O2. The number of anilines is 3. The number of benzene rings is 1. The Morgan fingerprint density at radius 1 is 1.16 bits per heavy atom. The highest BCUT2D eigenvalue weighted by molar-refractivity contribution is 6.37. The quantitative estimate of drug-likeness (QED) is 0.258. The van der Waals surface area contributed by atoms with Gasteiger partial charge in [0.05, 0.1) is 44.4 Å². The number of piperidine rings is 1. The van der Waals surface area contributed by atoms with E-state index in [1.807, 2.05) is 18.2 Å². The van der Waals surface area contributed by atoms with Gasteiger partial charge in [-0.05, 0) is 49.2 Å². The summed E-state index contributed by atoms with van der Waals surface area (Å²) in [6.07, 6.45) is 5.70. The minimum absolute atomic E-state index is 0.0632. The van der Waals surface area contributed by atoms with Gasteiger partial charge in [0.15, 0.2) is 11.5 Å². The maximum absolute atomic E-state index is 12.8. The third-order valence-electron chi connectivity index (χ3n) is 6.45. The Kier molecular flexibility index (Phi) is 7.15. The first kappa shape index (κ1) is 25.2. The first-order valence-electron chi connectivity index (χ1n) is 12.1. The fourth-order valence-corrected chi connectivity index (χ4v) is 4.97. The molecule has 8 nitrogen and oxygen atoms in total. The van der Waals surface area contributed by atoms with Gasteiger partial charge in [0.25, 0.3) is 0 Å². The van der Waals surface area contributed by atoms with Crippen molar-refractivity contribution in [2.45, 2.75) is 32.2 Å². The number of fused-ring (bicyclic) bond motifs is 1. The summed E-state index contributed by atoms with van der Waals surface area (Å²) in [5.41, 5.74) is 10.1. The Labute approximate surface area is 224 Å². The van der Waals surface area contributed by atoms with Gasteiger partial charge >= 0.3 is 0 Å². The number of aromatic hydroxyl groups is 1. The van der Waals surface area contributed by atoms with E-state index in [0.29, 0.717) is 45.6 Å². The highest BCUT2D eigenvalue weighted by atomic mass is 35.5. The molecule has 0 aliphatic carbocycles. The Balaban J connectivity index is 1.55. The predicted octanol–water partition coefficient (Wildman–Crippen LogP) is 5.97. The lowest BCUT2D eigenvalue weighted by Crippen LogP contribution is -2.43. The lowest BCUT2D eigenvalue weighted by Gasteiger charge is -2.31. The van der Waals surface area contributed by atoms with Crippen LogP contribution in [0.15, 0.2) is 48.8 Å². The number of hydrogen-bond donors (Lipinski definition) is 3. The van der Waals surface area contributed by atoms with Gasteiger partial charge in [-0.3, -0.25) is 9.78 Å². The average molecular weight is 537 g/mol. The molecule has 1 saturated heterocycles. The predicted molar refractivity (Wildman–Crippen MR) is 148 cm³/mol. The summed E-state index contributed by atoms with van der Waals surface area (Å²) in [6, 6.07) is 10.8. The number of Topliss-reactive ketones (excluding diaryl/α,β-unsaturated/α-hetero) is 1. The number of ketones is 1. The van der Waals surface area contributed by atoms with Crippen LogP contribution in [-0.4, -0.2) is 45.0 Å². The van der Waals surface area contributed by atoms with Crippen molar-refractivity contribution in [2.24, 2.45) is 5.73 Å². The number of nitrogens with two attached hydrogens (primary N) is 1. The summed E-state index contributed by atoms with van der Waals surface area (Å²) < 4.78 is 0. The number of nitrogens with one attached hydrogen (secondary N) is 1. The molecule has 5 rings (SSSR count). The molecule has 1 aliphatic heterocycles. The number of halogens is 2. The van der Waals surface area contributed by atoms with E-state index in [-0.39, 0.29) is 27.6 Å². The maximum Gasteiger partial charge on any atom is 0.166 e. The second-order valence-corrected chi connectivity index (χ2v) is 9.87. The first-order valence-corrected chi connectivity index (χ1v) is 12.8. The fraction of sp³-hybridized carbons (Fsp3) is 0.259. The van der Waals surface area contributed by atoms with Gasteiger partial charge in [-0.2, -0.15) is 0 Å². The monoisotopic (exact) mass is 536 g/mol. The number of pyridine rings is 3. The number of aromatic nitrogens is 3. The van der Waals surface area contributed by atoms with Gasteiger partial charge in [0.2, 0.25) is 0 Å². The third-order valence-corrected chi connectivity index (χ3v) is 7.02. The van der Waals surface area contributed by atoms with Crippen molar-refractivity contribution in [1.82, 2.24) is 15.0 Å². The largest absolute Gasteiger partial charge is 0.505 e. The highest BCUT2D eigenvalue weighted by Gasteiger charge is 2.20. The molecule has 4 N–H and O–H groups in total. The molecule has 1 atom stereocenters. The normalized spacial score (nSPS) is 15.7. The van der Waals surface area contributed by atoms with Crippen LogP contribution < -0.4 is 16.0 Å². The van der Waals surface area contributed by atoms with E-state index >= 15 is 0 Å². The maximum atomic E-state index is 12.8. The van der Waals surface area contributed by atoms with Gasteiger partial charge < -0.3 is 21.1 Å². The van der Waals surface area contributed by atoms with Gasteiger partial charge in [-0.1, -0.05) is 30.1 Å². The Morgan fingerprint density at radius 2 is 1.95 bits per heavy atom. The number of phenolic OH excluding ortho intramolecular Hbond substituents is 1. The lowest BCUT2D eigenvalue weighted by atomic mass is 10.1. The molecule has 0 amide bonds. The molecule has 0 radical (unpaired) electrons. The lowest BCUT2D eigenvalue weighted by molar-refractivity contribution is 0.0988. The minimum atomic E-state index is -0.185. The topological polar surface area (TPSA) is 117 Å². The van der Waals surface area contributed by atoms with Crippen LogP contribution in [0.5, 0.6) is 5.75 Å². The van der Waals surface area contributed by atoms with E-state index < -0.39 is 0 Å².